The third-order valence-electron chi connectivity index (χ3n) is 4.67. The molecule has 3 aliphatic heterocycles. The number of quaternary nitrogens is 1. The summed E-state index contributed by atoms with van der Waals surface area (Å²) in [4.78, 5) is 13.5. The van der Waals surface area contributed by atoms with Gasteiger partial charge in [0.05, 0.1) is 26.2 Å². The van der Waals surface area contributed by atoms with Crippen LogP contribution in [-0.2, 0) is 4.74 Å². The zero-order chi connectivity index (χ0) is 11.2. The molecule has 16 heavy (non-hydrogen) atoms. The van der Waals surface area contributed by atoms with Crippen LogP contribution < -0.4 is 5.32 Å². The van der Waals surface area contributed by atoms with Crippen molar-refractivity contribution in [3.8, 4) is 0 Å². The number of hydrogen-bond donors (Lipinski definition) is 1. The molecular formula is C11H20N3O2+. The maximum atomic E-state index is 10.9. The molecule has 1 spiro atoms. The van der Waals surface area contributed by atoms with E-state index in [1.54, 1.807) is 7.05 Å². The maximum absolute atomic E-state index is 10.9. The molecule has 2 atom stereocenters. The molecule has 0 aliphatic carbocycles. The first-order valence-corrected chi connectivity index (χ1v) is 6.18. The highest BCUT2D eigenvalue weighted by atomic mass is 16.5. The molecule has 1 N–H and O–H groups in total. The molecule has 5 nitrogen and oxygen atoms in total. The highest BCUT2D eigenvalue weighted by Gasteiger charge is 2.79. The molecule has 3 saturated heterocycles. The van der Waals surface area contributed by atoms with Gasteiger partial charge in [0.1, 0.15) is 0 Å². The minimum Gasteiger partial charge on any atom is -0.449 e. The summed E-state index contributed by atoms with van der Waals surface area (Å²) in [7, 11) is 1.59. The summed E-state index contributed by atoms with van der Waals surface area (Å²) in [5, 5.41) is 2.46. The Morgan fingerprint density at radius 3 is 3.00 bits per heavy atom. The van der Waals surface area contributed by atoms with Gasteiger partial charge in [-0.2, -0.15) is 0 Å². The number of nitrogens with one attached hydrogen (secondary N) is 1. The van der Waals surface area contributed by atoms with E-state index in [4.69, 9.17) is 4.74 Å². The monoisotopic (exact) mass is 226 g/mol. The molecule has 3 heterocycles. The van der Waals surface area contributed by atoms with Gasteiger partial charge < -0.3 is 10.1 Å². The first-order chi connectivity index (χ1) is 7.72. The van der Waals surface area contributed by atoms with Gasteiger partial charge in [0, 0.05) is 26.4 Å². The van der Waals surface area contributed by atoms with Crippen LogP contribution in [0.15, 0.2) is 0 Å². The lowest BCUT2D eigenvalue weighted by atomic mass is 10.1. The van der Waals surface area contributed by atoms with Crippen molar-refractivity contribution in [2.75, 3.05) is 46.4 Å². The molecule has 3 aliphatic rings. The molecule has 5 heteroatoms. The number of carbonyl (C=O) groups excluding carboxylic acids is 1. The van der Waals surface area contributed by atoms with Crippen LogP contribution in [0.5, 0.6) is 0 Å². The van der Waals surface area contributed by atoms with Gasteiger partial charge in [-0.25, -0.2) is 9.69 Å². The summed E-state index contributed by atoms with van der Waals surface area (Å²) in [5.41, 5.74) is 0.549. The molecule has 3 rings (SSSR count). The van der Waals surface area contributed by atoms with E-state index in [1.165, 1.54) is 43.6 Å². The summed E-state index contributed by atoms with van der Waals surface area (Å²) in [6, 6.07) is 0. The van der Waals surface area contributed by atoms with Crippen LogP contribution >= 0.6 is 0 Å². The Hall–Kier alpha value is -0.810. The first-order valence-electron chi connectivity index (χ1n) is 6.18. The van der Waals surface area contributed by atoms with Gasteiger partial charge >= 0.3 is 6.09 Å². The number of rotatable bonds is 4. The molecule has 0 aromatic heterocycles. The largest absolute Gasteiger partial charge is 0.449 e. The summed E-state index contributed by atoms with van der Waals surface area (Å²) < 4.78 is 6.30. The van der Waals surface area contributed by atoms with Crippen molar-refractivity contribution >= 4 is 6.09 Å². The van der Waals surface area contributed by atoms with Crippen LogP contribution in [0.1, 0.15) is 12.8 Å². The lowest BCUT2D eigenvalue weighted by Crippen LogP contribution is -2.51. The van der Waals surface area contributed by atoms with Crippen LogP contribution in [0.3, 0.4) is 0 Å². The van der Waals surface area contributed by atoms with Gasteiger partial charge in [0.25, 0.3) is 0 Å². The highest BCUT2D eigenvalue weighted by Crippen LogP contribution is 2.57. The lowest BCUT2D eigenvalue weighted by Gasteiger charge is -2.33. The fraction of sp³-hybridized carbons (Fsp3) is 0.909. The number of alkyl carbamates (subject to hydrolysis) is 1. The van der Waals surface area contributed by atoms with E-state index >= 15 is 0 Å². The van der Waals surface area contributed by atoms with E-state index in [0.29, 0.717) is 12.3 Å². The van der Waals surface area contributed by atoms with Crippen molar-refractivity contribution in [3.05, 3.63) is 0 Å². The topological polar surface area (TPSA) is 41.6 Å². The lowest BCUT2D eigenvalue weighted by molar-refractivity contribution is -0.825. The van der Waals surface area contributed by atoms with Gasteiger partial charge in [0.2, 0.25) is 5.66 Å². The summed E-state index contributed by atoms with van der Waals surface area (Å²) in [5.74, 6) is 0. The summed E-state index contributed by atoms with van der Waals surface area (Å²) >= 11 is 0. The van der Waals surface area contributed by atoms with Crippen molar-refractivity contribution in [1.82, 2.24) is 10.2 Å². The quantitative estimate of drug-likeness (QED) is 0.416. The van der Waals surface area contributed by atoms with Crippen LogP contribution in [0, 0.1) is 0 Å². The molecule has 1 amide bonds. The second-order valence-electron chi connectivity index (χ2n) is 5.21. The minimum atomic E-state index is -0.313. The third-order valence-corrected chi connectivity index (χ3v) is 4.67. The van der Waals surface area contributed by atoms with Gasteiger partial charge in [-0.1, -0.05) is 0 Å². The Kier molecular flexibility index (Phi) is 2.16. The van der Waals surface area contributed by atoms with E-state index in [-0.39, 0.29) is 6.09 Å². The van der Waals surface area contributed by atoms with Crippen molar-refractivity contribution < 1.29 is 14.0 Å². The second kappa shape index (κ2) is 3.34. The molecule has 3 fully saturated rings. The third kappa shape index (κ3) is 1.21. The predicted octanol–water partition coefficient (Wildman–Crippen LogP) is -0.0215. The number of amides is 1. The van der Waals surface area contributed by atoms with Crippen LogP contribution in [0.25, 0.3) is 0 Å². The molecule has 0 saturated carbocycles. The molecule has 0 radical (unpaired) electrons. The highest BCUT2D eigenvalue weighted by molar-refractivity contribution is 5.66. The van der Waals surface area contributed by atoms with E-state index in [2.05, 4.69) is 10.2 Å². The number of piperazine rings is 1. The zero-order valence-electron chi connectivity index (χ0n) is 9.87. The van der Waals surface area contributed by atoms with Crippen LogP contribution in [0.2, 0.25) is 0 Å². The Morgan fingerprint density at radius 1 is 1.56 bits per heavy atom. The van der Waals surface area contributed by atoms with Crippen LogP contribution in [-0.4, -0.2) is 67.5 Å². The fourth-order valence-electron chi connectivity index (χ4n) is 3.62. The van der Waals surface area contributed by atoms with Gasteiger partial charge in [-0.3, -0.25) is 4.48 Å². The molecular weight excluding hydrogens is 206 g/mol. The van der Waals surface area contributed by atoms with E-state index in [1.807, 2.05) is 0 Å². The maximum Gasteiger partial charge on any atom is 0.406 e. The van der Waals surface area contributed by atoms with E-state index in [9.17, 15) is 4.79 Å². The fourth-order valence-corrected chi connectivity index (χ4v) is 3.62. The zero-order valence-corrected chi connectivity index (χ0v) is 9.87. The normalized spacial score (nSPS) is 39.6. The Labute approximate surface area is 95.9 Å². The average molecular weight is 226 g/mol. The first kappa shape index (κ1) is 10.4. The predicted molar refractivity (Wildman–Crippen MR) is 58.8 cm³/mol. The Balaban J connectivity index is 1.42. The van der Waals surface area contributed by atoms with Crippen molar-refractivity contribution in [1.29, 1.82) is 0 Å². The molecule has 90 valence electrons. The SMILES string of the molecule is CNC(=O)OCCC[N+]12CCN3CC[C@@]31C2. The van der Waals surface area contributed by atoms with Gasteiger partial charge in [-0.05, 0) is 0 Å². The molecule has 0 aromatic carbocycles. The number of carbonyl (C=O) groups is 1. The standard InChI is InChI=1S/C11H19N3O2/c1-12-10(15)16-8-2-6-14-7-5-13-4-3-11(13,14)9-14/h2-9H2,1H3/p+1/t11-,14?/m1/s1. The van der Waals surface area contributed by atoms with E-state index < -0.39 is 0 Å². The number of hydrogen-bond acceptors (Lipinski definition) is 3. The van der Waals surface area contributed by atoms with Crippen molar-refractivity contribution in [2.45, 2.75) is 18.5 Å². The number of ether oxygens (including phenoxy) is 1. The Bertz CT molecular complexity index is 318. The van der Waals surface area contributed by atoms with Crippen molar-refractivity contribution in [3.63, 3.8) is 0 Å². The summed E-state index contributed by atoms with van der Waals surface area (Å²) in [6.07, 6.45) is 2.05. The van der Waals surface area contributed by atoms with Gasteiger partial charge in [-0.15, -0.1) is 0 Å². The molecule has 1 unspecified atom stereocenters. The smallest absolute Gasteiger partial charge is 0.406 e. The summed E-state index contributed by atoms with van der Waals surface area (Å²) in [6.45, 7) is 6.95. The second-order valence-corrected chi connectivity index (χ2v) is 5.21. The van der Waals surface area contributed by atoms with Gasteiger partial charge in [0.15, 0.2) is 6.54 Å². The Morgan fingerprint density at radius 2 is 2.44 bits per heavy atom. The molecule has 0 bridgehead atoms. The van der Waals surface area contributed by atoms with Crippen LogP contribution in [0.4, 0.5) is 4.79 Å². The number of nitrogens with zero attached hydrogens (tertiary/aromatic N) is 2. The molecule has 0 aromatic rings. The average Bonchev–Trinajstić information content (AvgIpc) is 2.90. The van der Waals surface area contributed by atoms with E-state index in [0.717, 1.165) is 6.42 Å². The minimum absolute atomic E-state index is 0.313. The van der Waals surface area contributed by atoms with Crippen molar-refractivity contribution in [2.24, 2.45) is 0 Å².